The van der Waals surface area contributed by atoms with Crippen molar-refractivity contribution in [2.24, 2.45) is 0 Å². The molecule has 0 aromatic heterocycles. The van der Waals surface area contributed by atoms with Crippen LogP contribution >= 0.6 is 11.6 Å². The maximum Gasteiger partial charge on any atom is 0.265 e. The van der Waals surface area contributed by atoms with E-state index in [1.165, 1.54) is 12.1 Å². The van der Waals surface area contributed by atoms with Crippen molar-refractivity contribution in [2.45, 2.75) is 38.7 Å². The van der Waals surface area contributed by atoms with Gasteiger partial charge in [0, 0.05) is 22.8 Å². The number of halogens is 3. The van der Waals surface area contributed by atoms with Gasteiger partial charge in [-0.05, 0) is 37.1 Å². The lowest BCUT2D eigenvalue weighted by molar-refractivity contribution is 0.151. The van der Waals surface area contributed by atoms with E-state index in [-0.39, 0.29) is 16.6 Å². The highest BCUT2D eigenvalue weighted by Gasteiger charge is 2.31. The van der Waals surface area contributed by atoms with Gasteiger partial charge in [0.25, 0.3) is 6.43 Å². The van der Waals surface area contributed by atoms with Crippen molar-refractivity contribution in [1.82, 2.24) is 4.90 Å². The van der Waals surface area contributed by atoms with Crippen molar-refractivity contribution in [3.63, 3.8) is 0 Å². The van der Waals surface area contributed by atoms with Gasteiger partial charge in [0.2, 0.25) is 0 Å². The summed E-state index contributed by atoms with van der Waals surface area (Å²) in [6.45, 7) is 3.85. The molecule has 1 N–H and O–H groups in total. The first-order valence-electron chi connectivity index (χ1n) is 6.93. The Morgan fingerprint density at radius 3 is 2.85 bits per heavy atom. The minimum absolute atomic E-state index is 0.0911. The van der Waals surface area contributed by atoms with Crippen LogP contribution in [-0.2, 0) is 0 Å². The molecule has 20 heavy (non-hydrogen) atoms. The van der Waals surface area contributed by atoms with Crippen LogP contribution in [0.5, 0.6) is 0 Å². The van der Waals surface area contributed by atoms with Crippen molar-refractivity contribution < 1.29 is 8.78 Å². The standard InChI is InChI=1S/C15H19ClF2N2/c1-2-3-7-20-8-6-13(19)14(20)10-4-5-12(16)11(9-10)15(17)18/h4-5,9,14-15,19H,2-3,6-8H2,1H3. The van der Waals surface area contributed by atoms with Crippen molar-refractivity contribution in [3.8, 4) is 0 Å². The molecule has 1 aliphatic rings. The average molecular weight is 301 g/mol. The zero-order valence-corrected chi connectivity index (χ0v) is 12.3. The van der Waals surface area contributed by atoms with Crippen molar-refractivity contribution >= 4 is 17.3 Å². The lowest BCUT2D eigenvalue weighted by Crippen LogP contribution is -2.26. The average Bonchev–Trinajstić information content (AvgIpc) is 2.78. The summed E-state index contributed by atoms with van der Waals surface area (Å²) in [4.78, 5) is 2.20. The van der Waals surface area contributed by atoms with Crippen LogP contribution in [0.1, 0.15) is 49.8 Å². The summed E-state index contributed by atoms with van der Waals surface area (Å²) in [5.41, 5.74) is 1.21. The fourth-order valence-electron chi connectivity index (χ4n) is 2.66. The Morgan fingerprint density at radius 2 is 2.20 bits per heavy atom. The van der Waals surface area contributed by atoms with Crippen molar-refractivity contribution in [1.29, 1.82) is 5.41 Å². The van der Waals surface area contributed by atoms with Gasteiger partial charge in [-0.1, -0.05) is 31.0 Å². The van der Waals surface area contributed by atoms with E-state index in [9.17, 15) is 8.78 Å². The van der Waals surface area contributed by atoms with E-state index in [2.05, 4.69) is 11.8 Å². The summed E-state index contributed by atoms with van der Waals surface area (Å²) in [7, 11) is 0. The number of nitrogens with one attached hydrogen (secondary N) is 1. The molecule has 2 rings (SSSR count). The van der Waals surface area contributed by atoms with Gasteiger partial charge >= 0.3 is 0 Å². The predicted molar refractivity (Wildman–Crippen MR) is 78.0 cm³/mol. The lowest BCUT2D eigenvalue weighted by atomic mass is 10.0. The second-order valence-corrected chi connectivity index (χ2v) is 5.56. The Balaban J connectivity index is 2.28. The molecular weight excluding hydrogens is 282 g/mol. The zero-order valence-electron chi connectivity index (χ0n) is 11.5. The fraction of sp³-hybridized carbons (Fsp3) is 0.533. The number of rotatable bonds is 5. The molecule has 0 bridgehead atoms. The molecule has 0 spiro atoms. The summed E-state index contributed by atoms with van der Waals surface area (Å²) < 4.78 is 25.9. The molecule has 2 nitrogen and oxygen atoms in total. The minimum Gasteiger partial charge on any atom is -0.308 e. The molecule has 1 unspecified atom stereocenters. The summed E-state index contributed by atoms with van der Waals surface area (Å²) >= 11 is 5.81. The van der Waals surface area contributed by atoms with E-state index < -0.39 is 6.43 Å². The molecule has 0 saturated carbocycles. The van der Waals surface area contributed by atoms with Crippen LogP contribution in [0, 0.1) is 5.41 Å². The highest BCUT2D eigenvalue weighted by molar-refractivity contribution is 6.31. The smallest absolute Gasteiger partial charge is 0.265 e. The van der Waals surface area contributed by atoms with Crippen LogP contribution in [0.2, 0.25) is 5.02 Å². The zero-order chi connectivity index (χ0) is 14.7. The molecule has 1 saturated heterocycles. The van der Waals surface area contributed by atoms with Gasteiger partial charge in [0.15, 0.2) is 0 Å². The Bertz CT molecular complexity index is 491. The molecule has 1 fully saturated rings. The van der Waals surface area contributed by atoms with Crippen molar-refractivity contribution in [3.05, 3.63) is 34.3 Å². The van der Waals surface area contributed by atoms with E-state index in [1.54, 1.807) is 6.07 Å². The molecule has 0 amide bonds. The lowest BCUT2D eigenvalue weighted by Gasteiger charge is -2.25. The molecule has 0 radical (unpaired) electrons. The largest absolute Gasteiger partial charge is 0.308 e. The third kappa shape index (κ3) is 3.18. The molecule has 1 atom stereocenters. The number of nitrogens with zero attached hydrogens (tertiary/aromatic N) is 1. The Labute approximate surface area is 123 Å². The highest BCUT2D eigenvalue weighted by atomic mass is 35.5. The molecule has 1 aromatic rings. The minimum atomic E-state index is -2.58. The summed E-state index contributed by atoms with van der Waals surface area (Å²) in [6, 6.07) is 4.56. The fourth-order valence-corrected chi connectivity index (χ4v) is 2.86. The van der Waals surface area contributed by atoms with Gasteiger partial charge < -0.3 is 5.41 Å². The first kappa shape index (κ1) is 15.4. The van der Waals surface area contributed by atoms with Crippen LogP contribution in [0.3, 0.4) is 0 Å². The Morgan fingerprint density at radius 1 is 1.45 bits per heavy atom. The molecule has 1 aromatic carbocycles. The summed E-state index contributed by atoms with van der Waals surface area (Å²) in [5, 5.41) is 8.17. The predicted octanol–water partition coefficient (Wildman–Crippen LogP) is 4.84. The van der Waals surface area contributed by atoms with E-state index in [1.807, 2.05) is 0 Å². The van der Waals surface area contributed by atoms with E-state index in [4.69, 9.17) is 17.0 Å². The number of hydrogen-bond acceptors (Lipinski definition) is 2. The molecule has 110 valence electrons. The van der Waals surface area contributed by atoms with Gasteiger partial charge in [0.1, 0.15) is 0 Å². The number of benzene rings is 1. The second kappa shape index (κ2) is 6.64. The SMILES string of the molecule is CCCCN1CCC(=N)C1c1ccc(Cl)c(C(F)F)c1. The number of likely N-dealkylation sites (tertiary alicyclic amines) is 1. The second-order valence-electron chi connectivity index (χ2n) is 5.15. The van der Waals surface area contributed by atoms with Crippen LogP contribution in [0.25, 0.3) is 0 Å². The normalized spacial score (nSPS) is 20.1. The maximum atomic E-state index is 12.9. The van der Waals surface area contributed by atoms with Gasteiger partial charge in [0.05, 0.1) is 6.04 Å². The molecule has 5 heteroatoms. The molecule has 1 aliphatic heterocycles. The van der Waals surface area contributed by atoms with E-state index in [0.29, 0.717) is 12.1 Å². The topological polar surface area (TPSA) is 27.1 Å². The monoisotopic (exact) mass is 300 g/mol. The quantitative estimate of drug-likeness (QED) is 0.827. The number of unbranched alkanes of at least 4 members (excludes halogenated alkanes) is 1. The number of hydrogen-bond donors (Lipinski definition) is 1. The summed E-state index contributed by atoms with van der Waals surface area (Å²) in [5.74, 6) is 0. The first-order chi connectivity index (χ1) is 9.54. The molecule has 1 heterocycles. The van der Waals surface area contributed by atoms with E-state index >= 15 is 0 Å². The van der Waals surface area contributed by atoms with Gasteiger partial charge in [-0.15, -0.1) is 0 Å². The van der Waals surface area contributed by atoms with Crippen LogP contribution in [0.15, 0.2) is 18.2 Å². The Hall–Kier alpha value is -1.00. The first-order valence-corrected chi connectivity index (χ1v) is 7.31. The Kier molecular flexibility index (Phi) is 5.11. The van der Waals surface area contributed by atoms with Crippen LogP contribution < -0.4 is 0 Å². The van der Waals surface area contributed by atoms with Crippen molar-refractivity contribution in [2.75, 3.05) is 13.1 Å². The molecule has 0 aliphatic carbocycles. The third-order valence-electron chi connectivity index (χ3n) is 3.73. The highest BCUT2D eigenvalue weighted by Crippen LogP contribution is 2.34. The number of alkyl halides is 2. The third-order valence-corrected chi connectivity index (χ3v) is 4.08. The van der Waals surface area contributed by atoms with Crippen LogP contribution in [0.4, 0.5) is 8.78 Å². The van der Waals surface area contributed by atoms with Crippen LogP contribution in [-0.4, -0.2) is 23.7 Å². The maximum absolute atomic E-state index is 12.9. The van der Waals surface area contributed by atoms with E-state index in [0.717, 1.165) is 31.5 Å². The van der Waals surface area contributed by atoms with Gasteiger partial charge in [-0.3, -0.25) is 4.90 Å². The molecular formula is C15H19ClF2N2. The van der Waals surface area contributed by atoms with Gasteiger partial charge in [-0.2, -0.15) is 0 Å². The van der Waals surface area contributed by atoms with Gasteiger partial charge in [-0.25, -0.2) is 8.78 Å². The summed E-state index contributed by atoms with van der Waals surface area (Å²) in [6.07, 6.45) is 0.265.